The van der Waals surface area contributed by atoms with Crippen molar-refractivity contribution in [3.8, 4) is 17.1 Å². The van der Waals surface area contributed by atoms with Gasteiger partial charge >= 0.3 is 6.18 Å². The van der Waals surface area contributed by atoms with Crippen molar-refractivity contribution in [1.29, 1.82) is 0 Å². The fourth-order valence-corrected chi connectivity index (χ4v) is 6.67. The van der Waals surface area contributed by atoms with E-state index in [1.807, 2.05) is 18.2 Å². The number of anilines is 1. The minimum atomic E-state index is -4.69. The molecular weight excluding hydrogens is 579 g/mol. The number of aromatic nitrogens is 4. The van der Waals surface area contributed by atoms with Crippen LogP contribution in [0.1, 0.15) is 49.7 Å². The van der Waals surface area contributed by atoms with Gasteiger partial charge in [0.05, 0.1) is 17.0 Å². The summed E-state index contributed by atoms with van der Waals surface area (Å²) in [5.74, 6) is 0.444. The maximum absolute atomic E-state index is 13.9. The molecule has 2 aromatic heterocycles. The SMILES string of the molecule is CCN1CCC(c2ccc(-n3cnc(-c4nc(NC5CCN(S(C)(=O)=O)CC5)ncc4C(F)(F)F)c3)c(Cl)c2)CC1. The van der Waals surface area contributed by atoms with Gasteiger partial charge < -0.3 is 14.8 Å². The summed E-state index contributed by atoms with van der Waals surface area (Å²) in [5, 5.41) is 3.55. The van der Waals surface area contributed by atoms with E-state index in [-0.39, 0.29) is 23.4 Å². The van der Waals surface area contributed by atoms with Crippen molar-refractivity contribution in [3.05, 3.63) is 53.1 Å². The smallest absolute Gasteiger partial charge is 0.351 e. The molecule has 0 atom stereocenters. The topological polar surface area (TPSA) is 96.3 Å². The Morgan fingerprint density at radius 3 is 2.39 bits per heavy atom. The van der Waals surface area contributed by atoms with Crippen molar-refractivity contribution in [1.82, 2.24) is 28.7 Å². The molecule has 2 aliphatic rings. The molecule has 0 bridgehead atoms. The number of nitrogens with zero attached hydrogens (tertiary/aromatic N) is 6. The Bertz CT molecular complexity index is 1480. The number of nitrogens with one attached hydrogen (secondary N) is 1. The Kier molecular flexibility index (Phi) is 8.61. The second kappa shape index (κ2) is 11.9. The van der Waals surface area contributed by atoms with Gasteiger partial charge in [0.1, 0.15) is 23.3 Å². The number of hydrogen-bond donors (Lipinski definition) is 1. The Morgan fingerprint density at radius 2 is 1.78 bits per heavy atom. The number of piperidine rings is 2. The lowest BCUT2D eigenvalue weighted by molar-refractivity contribution is -0.137. The zero-order valence-corrected chi connectivity index (χ0v) is 24.5. The molecule has 2 aliphatic heterocycles. The average molecular weight is 612 g/mol. The van der Waals surface area contributed by atoms with Crippen LogP contribution in [-0.2, 0) is 16.2 Å². The molecule has 4 heterocycles. The summed E-state index contributed by atoms with van der Waals surface area (Å²) in [6.45, 7) is 5.91. The van der Waals surface area contributed by atoms with Crippen LogP contribution in [0, 0.1) is 0 Å². The Balaban J connectivity index is 1.36. The second-order valence-corrected chi connectivity index (χ2v) is 13.0. The van der Waals surface area contributed by atoms with Crippen molar-refractivity contribution in [3.63, 3.8) is 0 Å². The number of sulfonamides is 1. The van der Waals surface area contributed by atoms with Crippen LogP contribution in [0.2, 0.25) is 5.02 Å². The highest BCUT2D eigenvalue weighted by atomic mass is 35.5. The number of imidazole rings is 1. The van der Waals surface area contributed by atoms with Crippen molar-refractivity contribution in [2.24, 2.45) is 0 Å². The van der Waals surface area contributed by atoms with Crippen molar-refractivity contribution >= 4 is 27.6 Å². The summed E-state index contributed by atoms with van der Waals surface area (Å²) in [7, 11) is -3.29. The first-order valence-electron chi connectivity index (χ1n) is 13.6. The fourth-order valence-electron chi connectivity index (χ4n) is 5.51. The monoisotopic (exact) mass is 611 g/mol. The lowest BCUT2D eigenvalue weighted by atomic mass is 9.89. The number of likely N-dealkylation sites (tertiary alicyclic amines) is 1. The van der Waals surface area contributed by atoms with Gasteiger partial charge in [-0.05, 0) is 68.9 Å². The van der Waals surface area contributed by atoms with Crippen LogP contribution in [0.25, 0.3) is 17.1 Å². The van der Waals surface area contributed by atoms with E-state index in [9.17, 15) is 21.6 Å². The first kappa shape index (κ1) is 29.7. The first-order valence-corrected chi connectivity index (χ1v) is 15.9. The third-order valence-electron chi connectivity index (χ3n) is 7.93. The summed E-state index contributed by atoms with van der Waals surface area (Å²) < 4.78 is 68.3. The predicted octanol–water partition coefficient (Wildman–Crippen LogP) is 5.04. The van der Waals surface area contributed by atoms with E-state index in [2.05, 4.69) is 32.1 Å². The number of halogens is 4. The maximum Gasteiger partial charge on any atom is 0.420 e. The van der Waals surface area contributed by atoms with E-state index in [0.717, 1.165) is 50.5 Å². The van der Waals surface area contributed by atoms with Crippen LogP contribution in [0.4, 0.5) is 19.1 Å². The van der Waals surface area contributed by atoms with Gasteiger partial charge in [0, 0.05) is 31.5 Å². The molecular formula is C27H33ClF3N7O2S. The lowest BCUT2D eigenvalue weighted by Crippen LogP contribution is -2.42. The van der Waals surface area contributed by atoms with Gasteiger partial charge in [0.15, 0.2) is 0 Å². The van der Waals surface area contributed by atoms with Crippen LogP contribution >= 0.6 is 11.6 Å². The standard InChI is InChI=1S/C27H33ClF3N7O2S/c1-3-36-10-6-18(7-11-36)19-4-5-24(22(28)14-19)37-16-23(33-17-37)25-21(27(29,30)31)15-32-26(35-25)34-20-8-12-38(13-9-20)41(2,39)40/h4-5,14-18,20H,3,6-13H2,1-2H3,(H,32,34,35). The molecule has 0 aliphatic carbocycles. The molecule has 14 heteroatoms. The number of hydrogen-bond acceptors (Lipinski definition) is 7. The zero-order chi connectivity index (χ0) is 29.4. The molecule has 0 radical (unpaired) electrons. The highest BCUT2D eigenvalue weighted by Gasteiger charge is 2.36. The summed E-state index contributed by atoms with van der Waals surface area (Å²) in [5.41, 5.74) is 0.446. The lowest BCUT2D eigenvalue weighted by Gasteiger charge is -2.31. The number of benzene rings is 1. The van der Waals surface area contributed by atoms with Gasteiger partial charge in [0.25, 0.3) is 0 Å². The molecule has 2 fully saturated rings. The molecule has 41 heavy (non-hydrogen) atoms. The molecule has 1 N–H and O–H groups in total. The van der Waals surface area contributed by atoms with E-state index in [0.29, 0.717) is 42.6 Å². The number of alkyl halides is 3. The normalized spacial score (nSPS) is 18.6. The van der Waals surface area contributed by atoms with Crippen LogP contribution in [0.5, 0.6) is 0 Å². The van der Waals surface area contributed by atoms with Gasteiger partial charge in [-0.25, -0.2) is 27.7 Å². The molecule has 222 valence electrons. The molecule has 0 amide bonds. The predicted molar refractivity (Wildman–Crippen MR) is 152 cm³/mol. The van der Waals surface area contributed by atoms with Crippen molar-refractivity contribution < 1.29 is 21.6 Å². The molecule has 0 saturated carbocycles. The van der Waals surface area contributed by atoms with E-state index >= 15 is 0 Å². The van der Waals surface area contributed by atoms with Crippen LogP contribution < -0.4 is 5.32 Å². The zero-order valence-electron chi connectivity index (χ0n) is 22.9. The number of rotatable bonds is 7. The maximum atomic E-state index is 13.9. The summed E-state index contributed by atoms with van der Waals surface area (Å²) in [6, 6.07) is 5.65. The van der Waals surface area contributed by atoms with Gasteiger partial charge in [-0.2, -0.15) is 13.2 Å². The quantitative estimate of drug-likeness (QED) is 0.400. The Labute approximate surface area is 242 Å². The summed E-state index contributed by atoms with van der Waals surface area (Å²) in [4.78, 5) is 14.8. The molecule has 3 aromatic rings. The van der Waals surface area contributed by atoms with Crippen molar-refractivity contribution in [2.45, 2.75) is 50.7 Å². The van der Waals surface area contributed by atoms with Gasteiger partial charge in [-0.15, -0.1) is 0 Å². The molecule has 0 unspecified atom stereocenters. The second-order valence-electron chi connectivity index (χ2n) is 10.6. The fraction of sp³-hybridized carbons (Fsp3) is 0.519. The minimum Gasteiger partial charge on any atom is -0.351 e. The van der Waals surface area contributed by atoms with E-state index < -0.39 is 21.8 Å². The van der Waals surface area contributed by atoms with Crippen molar-refractivity contribution in [2.75, 3.05) is 44.3 Å². The minimum absolute atomic E-state index is 0.0249. The Morgan fingerprint density at radius 1 is 1.07 bits per heavy atom. The van der Waals surface area contributed by atoms with Crippen LogP contribution in [0.15, 0.2) is 36.9 Å². The first-order chi connectivity index (χ1) is 19.4. The van der Waals surface area contributed by atoms with Gasteiger partial charge in [-0.3, -0.25) is 0 Å². The van der Waals surface area contributed by atoms with Gasteiger partial charge in [0.2, 0.25) is 16.0 Å². The molecule has 1 aromatic carbocycles. The molecule has 2 saturated heterocycles. The van der Waals surface area contributed by atoms with Gasteiger partial charge in [-0.1, -0.05) is 24.6 Å². The molecule has 5 rings (SSSR count). The largest absolute Gasteiger partial charge is 0.420 e. The van der Waals surface area contributed by atoms with E-state index in [1.54, 1.807) is 4.57 Å². The average Bonchev–Trinajstić information content (AvgIpc) is 3.42. The van der Waals surface area contributed by atoms with E-state index in [1.165, 1.54) is 16.8 Å². The van der Waals surface area contributed by atoms with Crippen LogP contribution in [-0.4, -0.2) is 82.2 Å². The Hall–Kier alpha value is -2.74. The highest BCUT2D eigenvalue weighted by molar-refractivity contribution is 7.88. The summed E-state index contributed by atoms with van der Waals surface area (Å²) >= 11 is 6.65. The highest BCUT2D eigenvalue weighted by Crippen LogP contribution is 2.37. The third-order valence-corrected chi connectivity index (χ3v) is 9.54. The molecule has 0 spiro atoms. The summed E-state index contributed by atoms with van der Waals surface area (Å²) in [6.07, 6.45) is 3.19. The van der Waals surface area contributed by atoms with E-state index in [4.69, 9.17) is 11.6 Å². The molecule has 9 nitrogen and oxygen atoms in total. The van der Waals surface area contributed by atoms with Crippen LogP contribution in [0.3, 0.4) is 0 Å². The third kappa shape index (κ3) is 6.85.